The molecule has 1 unspecified atom stereocenters. The zero-order valence-corrected chi connectivity index (χ0v) is 12.5. The number of ether oxygens (including phenoxy) is 1. The molecule has 2 fully saturated rings. The van der Waals surface area contributed by atoms with Crippen LogP contribution >= 0.6 is 0 Å². The van der Waals surface area contributed by atoms with Gasteiger partial charge in [0.25, 0.3) is 11.8 Å². The third-order valence-corrected chi connectivity index (χ3v) is 3.94. The topological polar surface area (TPSA) is 95.9 Å². The third kappa shape index (κ3) is 3.68. The van der Waals surface area contributed by atoms with Gasteiger partial charge in [-0.15, -0.1) is 0 Å². The van der Waals surface area contributed by atoms with Crippen molar-refractivity contribution in [3.05, 3.63) is 35.4 Å². The molecule has 2 N–H and O–H groups in total. The fourth-order valence-electron chi connectivity index (χ4n) is 2.43. The largest absolute Gasteiger partial charge is 0.479 e. The molecule has 2 amide bonds. The van der Waals surface area contributed by atoms with E-state index in [-0.39, 0.29) is 31.0 Å². The Balaban J connectivity index is 1.64. The van der Waals surface area contributed by atoms with Crippen molar-refractivity contribution < 1.29 is 24.2 Å². The van der Waals surface area contributed by atoms with E-state index < -0.39 is 12.1 Å². The van der Waals surface area contributed by atoms with Crippen molar-refractivity contribution in [1.29, 1.82) is 0 Å². The summed E-state index contributed by atoms with van der Waals surface area (Å²) < 4.78 is 5.10. The molecular weight excluding hydrogens is 300 g/mol. The van der Waals surface area contributed by atoms with Gasteiger partial charge in [-0.2, -0.15) is 0 Å². The van der Waals surface area contributed by atoms with Crippen LogP contribution in [-0.4, -0.2) is 59.6 Å². The average molecular weight is 318 g/mol. The number of benzene rings is 1. The van der Waals surface area contributed by atoms with Gasteiger partial charge in [0.2, 0.25) is 0 Å². The fourth-order valence-corrected chi connectivity index (χ4v) is 2.43. The van der Waals surface area contributed by atoms with E-state index in [0.717, 1.165) is 12.8 Å². The quantitative estimate of drug-likeness (QED) is 0.843. The van der Waals surface area contributed by atoms with Crippen LogP contribution in [-0.2, 0) is 9.53 Å². The summed E-state index contributed by atoms with van der Waals surface area (Å²) in [7, 11) is 0. The molecule has 1 atom stereocenters. The minimum Gasteiger partial charge on any atom is -0.479 e. The number of morpholine rings is 1. The molecule has 1 aromatic carbocycles. The molecule has 0 radical (unpaired) electrons. The van der Waals surface area contributed by atoms with E-state index in [4.69, 9.17) is 9.84 Å². The summed E-state index contributed by atoms with van der Waals surface area (Å²) in [4.78, 5) is 36.7. The van der Waals surface area contributed by atoms with Gasteiger partial charge in [-0.05, 0) is 37.1 Å². The molecule has 0 aromatic heterocycles. The molecule has 7 heteroatoms. The highest BCUT2D eigenvalue weighted by molar-refractivity contribution is 5.98. The molecule has 0 bridgehead atoms. The smallest absolute Gasteiger partial charge is 0.334 e. The van der Waals surface area contributed by atoms with Crippen molar-refractivity contribution in [3.8, 4) is 0 Å². The molecule has 1 aliphatic heterocycles. The van der Waals surface area contributed by atoms with Gasteiger partial charge in [-0.1, -0.05) is 0 Å². The van der Waals surface area contributed by atoms with Crippen molar-refractivity contribution >= 4 is 17.8 Å². The predicted octanol–water partition coefficient (Wildman–Crippen LogP) is 0.504. The number of aliphatic carboxylic acids is 1. The highest BCUT2D eigenvalue weighted by atomic mass is 16.5. The summed E-state index contributed by atoms with van der Waals surface area (Å²) in [6.07, 6.45) is 1.05. The molecule has 1 saturated carbocycles. The molecule has 7 nitrogen and oxygen atoms in total. The molecule has 1 aliphatic carbocycles. The summed E-state index contributed by atoms with van der Waals surface area (Å²) >= 11 is 0. The van der Waals surface area contributed by atoms with Crippen molar-refractivity contribution in [3.63, 3.8) is 0 Å². The van der Waals surface area contributed by atoms with Crippen LogP contribution in [0.5, 0.6) is 0 Å². The lowest BCUT2D eigenvalue weighted by atomic mass is 10.1. The number of carboxylic acids is 1. The van der Waals surface area contributed by atoms with Crippen LogP contribution in [0.4, 0.5) is 0 Å². The number of carboxylic acid groups (broad SMARTS) is 1. The summed E-state index contributed by atoms with van der Waals surface area (Å²) in [6.45, 7) is 0.579. The lowest BCUT2D eigenvalue weighted by Crippen LogP contribution is -2.48. The minimum atomic E-state index is -1.07. The van der Waals surface area contributed by atoms with Crippen molar-refractivity contribution in [2.24, 2.45) is 0 Å². The van der Waals surface area contributed by atoms with Crippen LogP contribution in [0, 0.1) is 0 Å². The Morgan fingerprint density at radius 2 is 1.78 bits per heavy atom. The van der Waals surface area contributed by atoms with Crippen molar-refractivity contribution in [1.82, 2.24) is 10.2 Å². The van der Waals surface area contributed by atoms with E-state index in [2.05, 4.69) is 5.32 Å². The lowest BCUT2D eigenvalue weighted by Gasteiger charge is -2.30. The molecule has 1 heterocycles. The number of hydrogen-bond donors (Lipinski definition) is 2. The minimum absolute atomic E-state index is 0.0259. The Morgan fingerprint density at radius 3 is 2.39 bits per heavy atom. The van der Waals surface area contributed by atoms with E-state index in [1.165, 1.54) is 4.90 Å². The van der Waals surface area contributed by atoms with E-state index in [9.17, 15) is 14.4 Å². The van der Waals surface area contributed by atoms with Gasteiger partial charge in [0, 0.05) is 23.7 Å². The first kappa shape index (κ1) is 15.5. The van der Waals surface area contributed by atoms with Crippen LogP contribution in [0.25, 0.3) is 0 Å². The van der Waals surface area contributed by atoms with Gasteiger partial charge in [-0.25, -0.2) is 4.79 Å². The first-order valence-electron chi connectivity index (χ1n) is 7.59. The molecule has 2 aliphatic rings. The molecule has 1 aromatic rings. The Kier molecular flexibility index (Phi) is 4.29. The highest BCUT2D eigenvalue weighted by Crippen LogP contribution is 2.19. The lowest BCUT2D eigenvalue weighted by molar-refractivity contribution is -0.154. The monoisotopic (exact) mass is 318 g/mol. The maximum absolute atomic E-state index is 12.4. The molecule has 23 heavy (non-hydrogen) atoms. The number of amides is 2. The molecule has 1 saturated heterocycles. The predicted molar refractivity (Wildman–Crippen MR) is 80.2 cm³/mol. The molecule has 122 valence electrons. The van der Waals surface area contributed by atoms with E-state index in [1.54, 1.807) is 24.3 Å². The number of carbonyl (C=O) groups is 3. The maximum Gasteiger partial charge on any atom is 0.334 e. The number of rotatable bonds is 4. The number of carbonyl (C=O) groups excluding carboxylic acids is 2. The second kappa shape index (κ2) is 6.37. The van der Waals surface area contributed by atoms with Gasteiger partial charge in [0.1, 0.15) is 0 Å². The van der Waals surface area contributed by atoms with Gasteiger partial charge >= 0.3 is 5.97 Å². The highest BCUT2D eigenvalue weighted by Gasteiger charge is 2.29. The normalized spacial score (nSPS) is 20.9. The summed E-state index contributed by atoms with van der Waals surface area (Å²) in [5.74, 6) is -1.47. The van der Waals surface area contributed by atoms with Gasteiger partial charge in [0.15, 0.2) is 6.10 Å². The van der Waals surface area contributed by atoms with Gasteiger partial charge in [-0.3, -0.25) is 9.59 Å². The first-order chi connectivity index (χ1) is 11.0. The summed E-state index contributed by atoms with van der Waals surface area (Å²) in [5.41, 5.74) is 0.942. The Bertz CT molecular complexity index is 624. The standard InChI is InChI=1S/C16H18N2O5/c19-14(17-12-5-6-12)10-1-3-11(4-2-10)15(20)18-7-8-23-13(9-18)16(21)22/h1-4,12-13H,5-9H2,(H,17,19)(H,21,22). The summed E-state index contributed by atoms with van der Waals surface area (Å²) in [5, 5.41) is 11.9. The second-order valence-corrected chi connectivity index (χ2v) is 5.77. The molecular formula is C16H18N2O5. The van der Waals surface area contributed by atoms with Crippen LogP contribution in [0.2, 0.25) is 0 Å². The van der Waals surface area contributed by atoms with E-state index in [1.807, 2.05) is 0 Å². The zero-order valence-electron chi connectivity index (χ0n) is 12.5. The molecule has 0 spiro atoms. The number of nitrogens with one attached hydrogen (secondary N) is 1. The van der Waals surface area contributed by atoms with Crippen LogP contribution < -0.4 is 5.32 Å². The third-order valence-electron chi connectivity index (χ3n) is 3.94. The van der Waals surface area contributed by atoms with E-state index in [0.29, 0.717) is 17.7 Å². The van der Waals surface area contributed by atoms with Gasteiger partial charge < -0.3 is 20.1 Å². The van der Waals surface area contributed by atoms with Crippen molar-refractivity contribution in [2.45, 2.75) is 25.0 Å². The van der Waals surface area contributed by atoms with Crippen molar-refractivity contribution in [2.75, 3.05) is 19.7 Å². The Labute approximate surface area is 133 Å². The second-order valence-electron chi connectivity index (χ2n) is 5.77. The summed E-state index contributed by atoms with van der Waals surface area (Å²) in [6, 6.07) is 6.69. The van der Waals surface area contributed by atoms with Crippen LogP contribution in [0.3, 0.4) is 0 Å². The zero-order chi connectivity index (χ0) is 16.4. The SMILES string of the molecule is O=C(NC1CC1)c1ccc(C(=O)N2CCOC(C(=O)O)C2)cc1. The van der Waals surface area contributed by atoms with Crippen LogP contribution in [0.1, 0.15) is 33.6 Å². The average Bonchev–Trinajstić information content (AvgIpc) is 3.38. The Morgan fingerprint density at radius 1 is 1.13 bits per heavy atom. The van der Waals surface area contributed by atoms with Crippen LogP contribution in [0.15, 0.2) is 24.3 Å². The van der Waals surface area contributed by atoms with E-state index >= 15 is 0 Å². The number of hydrogen-bond acceptors (Lipinski definition) is 4. The Hall–Kier alpha value is -2.41. The fraction of sp³-hybridized carbons (Fsp3) is 0.438. The maximum atomic E-state index is 12.4. The molecule has 3 rings (SSSR count). The number of nitrogens with zero attached hydrogens (tertiary/aromatic N) is 1. The van der Waals surface area contributed by atoms with Gasteiger partial charge in [0.05, 0.1) is 13.2 Å². The first-order valence-corrected chi connectivity index (χ1v) is 7.59.